The highest BCUT2D eigenvalue weighted by atomic mass is 16.5. The van der Waals surface area contributed by atoms with Gasteiger partial charge in [0.1, 0.15) is 5.82 Å². The lowest BCUT2D eigenvalue weighted by atomic mass is 10.1. The molecule has 0 amide bonds. The van der Waals surface area contributed by atoms with Gasteiger partial charge in [-0.1, -0.05) is 30.3 Å². The SMILES string of the molecule is CCOC(=O)n1c(N)c(-c2ccccc2)[nH]c1=O. The second-order valence-corrected chi connectivity index (χ2v) is 3.59. The maximum Gasteiger partial charge on any atom is 0.423 e. The first kappa shape index (κ1) is 12.0. The van der Waals surface area contributed by atoms with Crippen molar-refractivity contribution in [3.05, 3.63) is 40.8 Å². The highest BCUT2D eigenvalue weighted by molar-refractivity contribution is 5.81. The minimum Gasteiger partial charge on any atom is -0.449 e. The number of aromatic amines is 1. The maximum atomic E-state index is 11.7. The van der Waals surface area contributed by atoms with E-state index in [0.717, 1.165) is 10.1 Å². The Bertz CT molecular complexity index is 613. The first-order valence-electron chi connectivity index (χ1n) is 5.48. The smallest absolute Gasteiger partial charge is 0.423 e. The molecule has 18 heavy (non-hydrogen) atoms. The van der Waals surface area contributed by atoms with Crippen molar-refractivity contribution < 1.29 is 9.53 Å². The van der Waals surface area contributed by atoms with Crippen molar-refractivity contribution in [1.29, 1.82) is 0 Å². The topological polar surface area (TPSA) is 90.1 Å². The monoisotopic (exact) mass is 247 g/mol. The molecule has 3 N–H and O–H groups in total. The molecular weight excluding hydrogens is 234 g/mol. The fourth-order valence-corrected chi connectivity index (χ4v) is 1.64. The van der Waals surface area contributed by atoms with Crippen LogP contribution in [0.4, 0.5) is 10.6 Å². The first-order chi connectivity index (χ1) is 8.65. The van der Waals surface area contributed by atoms with Gasteiger partial charge in [-0.15, -0.1) is 0 Å². The molecule has 0 aliphatic heterocycles. The number of H-pyrrole nitrogens is 1. The number of nitrogens with zero attached hydrogens (tertiary/aromatic N) is 1. The Balaban J connectivity index is 2.51. The maximum absolute atomic E-state index is 11.7. The van der Waals surface area contributed by atoms with Gasteiger partial charge in [0.05, 0.1) is 12.3 Å². The Morgan fingerprint density at radius 1 is 1.39 bits per heavy atom. The van der Waals surface area contributed by atoms with Crippen molar-refractivity contribution in [1.82, 2.24) is 9.55 Å². The molecule has 0 bridgehead atoms. The number of benzene rings is 1. The molecule has 0 fully saturated rings. The summed E-state index contributed by atoms with van der Waals surface area (Å²) in [6, 6.07) is 9.05. The van der Waals surface area contributed by atoms with Gasteiger partial charge in [0.2, 0.25) is 0 Å². The fraction of sp³-hybridized carbons (Fsp3) is 0.167. The largest absolute Gasteiger partial charge is 0.449 e. The van der Waals surface area contributed by atoms with Crippen LogP contribution in [-0.4, -0.2) is 22.3 Å². The Kier molecular flexibility index (Phi) is 3.18. The van der Waals surface area contributed by atoms with Gasteiger partial charge in [-0.25, -0.2) is 9.59 Å². The molecule has 1 aromatic carbocycles. The zero-order valence-corrected chi connectivity index (χ0v) is 9.84. The predicted molar refractivity (Wildman–Crippen MR) is 67.3 cm³/mol. The van der Waals surface area contributed by atoms with Crippen LogP contribution in [0.3, 0.4) is 0 Å². The Morgan fingerprint density at radius 2 is 2.06 bits per heavy atom. The number of carbonyl (C=O) groups is 1. The molecule has 94 valence electrons. The van der Waals surface area contributed by atoms with E-state index in [0.29, 0.717) is 5.69 Å². The van der Waals surface area contributed by atoms with Crippen molar-refractivity contribution in [3.8, 4) is 11.3 Å². The number of nitrogens with one attached hydrogen (secondary N) is 1. The van der Waals surface area contributed by atoms with Crippen LogP contribution in [0.25, 0.3) is 11.3 Å². The van der Waals surface area contributed by atoms with Crippen molar-refractivity contribution in [2.24, 2.45) is 0 Å². The van der Waals surface area contributed by atoms with Gasteiger partial charge in [-0.2, -0.15) is 4.57 Å². The van der Waals surface area contributed by atoms with Crippen molar-refractivity contribution in [2.75, 3.05) is 12.3 Å². The van der Waals surface area contributed by atoms with Gasteiger partial charge in [-0.05, 0) is 6.92 Å². The first-order valence-corrected chi connectivity index (χ1v) is 5.48. The summed E-state index contributed by atoms with van der Waals surface area (Å²) in [5.74, 6) is 0.0460. The number of ether oxygens (including phenoxy) is 1. The van der Waals surface area contributed by atoms with E-state index in [2.05, 4.69) is 4.98 Å². The quantitative estimate of drug-likeness (QED) is 0.839. The summed E-state index contributed by atoms with van der Waals surface area (Å²) < 4.78 is 5.55. The van der Waals surface area contributed by atoms with Crippen LogP contribution in [0.15, 0.2) is 35.1 Å². The van der Waals surface area contributed by atoms with E-state index < -0.39 is 11.8 Å². The second kappa shape index (κ2) is 4.79. The third-order valence-corrected chi connectivity index (χ3v) is 2.44. The number of hydrogen-bond donors (Lipinski definition) is 2. The number of anilines is 1. The summed E-state index contributed by atoms with van der Waals surface area (Å²) in [7, 11) is 0. The van der Waals surface area contributed by atoms with Crippen LogP contribution in [0.2, 0.25) is 0 Å². The predicted octanol–water partition coefficient (Wildman–Crippen LogP) is 1.43. The molecule has 2 aromatic rings. The molecule has 0 aliphatic carbocycles. The van der Waals surface area contributed by atoms with Crippen LogP contribution >= 0.6 is 0 Å². The number of hydrogen-bond acceptors (Lipinski definition) is 4. The van der Waals surface area contributed by atoms with Gasteiger partial charge in [-0.3, -0.25) is 0 Å². The molecule has 1 heterocycles. The molecule has 0 radical (unpaired) electrons. The zero-order chi connectivity index (χ0) is 13.1. The van der Waals surface area contributed by atoms with Crippen LogP contribution < -0.4 is 11.4 Å². The van der Waals surface area contributed by atoms with E-state index in [9.17, 15) is 9.59 Å². The number of rotatable bonds is 2. The third-order valence-electron chi connectivity index (χ3n) is 2.44. The van der Waals surface area contributed by atoms with Gasteiger partial charge < -0.3 is 15.5 Å². The normalized spacial score (nSPS) is 10.3. The van der Waals surface area contributed by atoms with Crippen LogP contribution in [0.5, 0.6) is 0 Å². The molecule has 0 aliphatic rings. The van der Waals surface area contributed by atoms with Gasteiger partial charge in [0, 0.05) is 5.56 Å². The van der Waals surface area contributed by atoms with E-state index >= 15 is 0 Å². The number of nitrogen functional groups attached to an aromatic ring is 1. The Morgan fingerprint density at radius 3 is 2.67 bits per heavy atom. The Labute approximate surface area is 103 Å². The van der Waals surface area contributed by atoms with E-state index in [1.54, 1.807) is 19.1 Å². The fourth-order valence-electron chi connectivity index (χ4n) is 1.64. The van der Waals surface area contributed by atoms with Gasteiger partial charge in [0.25, 0.3) is 0 Å². The Hall–Kier alpha value is -2.50. The van der Waals surface area contributed by atoms with Crippen molar-refractivity contribution >= 4 is 11.9 Å². The lowest BCUT2D eigenvalue weighted by Crippen LogP contribution is -2.26. The molecule has 1 aromatic heterocycles. The minimum atomic E-state index is -0.779. The number of carbonyl (C=O) groups excluding carboxylic acids is 1. The average molecular weight is 247 g/mol. The molecule has 0 atom stereocenters. The molecule has 6 nitrogen and oxygen atoms in total. The van der Waals surface area contributed by atoms with Crippen molar-refractivity contribution in [3.63, 3.8) is 0 Å². The summed E-state index contributed by atoms with van der Waals surface area (Å²) in [5.41, 5.74) is 6.33. The summed E-state index contributed by atoms with van der Waals surface area (Å²) >= 11 is 0. The van der Waals surface area contributed by atoms with Gasteiger partial charge in [0.15, 0.2) is 0 Å². The number of imidazole rings is 1. The van der Waals surface area contributed by atoms with Crippen LogP contribution in [-0.2, 0) is 4.74 Å². The molecule has 0 spiro atoms. The lowest BCUT2D eigenvalue weighted by molar-refractivity contribution is 0.153. The molecule has 2 rings (SSSR count). The standard InChI is InChI=1S/C12H13N3O3/c1-2-18-12(17)15-10(13)9(14-11(15)16)8-6-4-3-5-7-8/h3-7H,2,13H2,1H3,(H,14,16). The number of aromatic nitrogens is 2. The number of nitrogens with two attached hydrogens (primary N) is 1. The average Bonchev–Trinajstić information content (AvgIpc) is 2.66. The molecule has 0 saturated heterocycles. The zero-order valence-electron chi connectivity index (χ0n) is 9.84. The van der Waals surface area contributed by atoms with E-state index in [1.165, 1.54) is 0 Å². The van der Waals surface area contributed by atoms with E-state index in [1.807, 2.05) is 18.2 Å². The highest BCUT2D eigenvalue weighted by Gasteiger charge is 2.18. The third kappa shape index (κ3) is 2.00. The lowest BCUT2D eigenvalue weighted by Gasteiger charge is -2.03. The van der Waals surface area contributed by atoms with E-state index in [-0.39, 0.29) is 12.4 Å². The second-order valence-electron chi connectivity index (χ2n) is 3.59. The highest BCUT2D eigenvalue weighted by Crippen LogP contribution is 2.21. The molecular formula is C12H13N3O3. The molecule has 0 saturated carbocycles. The molecule has 6 heteroatoms. The van der Waals surface area contributed by atoms with Crippen molar-refractivity contribution in [2.45, 2.75) is 6.92 Å². The van der Waals surface area contributed by atoms with Gasteiger partial charge >= 0.3 is 11.8 Å². The summed E-state index contributed by atoms with van der Waals surface area (Å²) in [4.78, 5) is 25.8. The van der Waals surface area contributed by atoms with Crippen LogP contribution in [0.1, 0.15) is 6.92 Å². The van der Waals surface area contributed by atoms with E-state index in [4.69, 9.17) is 10.5 Å². The summed E-state index contributed by atoms with van der Waals surface area (Å²) in [6.07, 6.45) is -0.779. The minimum absolute atomic E-state index is 0.0460. The van der Waals surface area contributed by atoms with Crippen LogP contribution in [0, 0.1) is 0 Å². The summed E-state index contributed by atoms with van der Waals surface area (Å²) in [6.45, 7) is 1.83. The molecule has 0 unspecified atom stereocenters. The summed E-state index contributed by atoms with van der Waals surface area (Å²) in [5, 5.41) is 0.